The Morgan fingerprint density at radius 3 is 2.46 bits per heavy atom. The highest BCUT2D eigenvalue weighted by atomic mass is 32.1. The van der Waals surface area contributed by atoms with Gasteiger partial charge in [0.1, 0.15) is 4.88 Å². The fraction of sp³-hybridized carbons (Fsp3) is 0.429. The molecule has 1 aliphatic rings. The lowest BCUT2D eigenvalue weighted by molar-refractivity contribution is -0.117. The lowest BCUT2D eigenvalue weighted by Crippen LogP contribution is -2.42. The van der Waals surface area contributed by atoms with Crippen LogP contribution in [0.4, 0.5) is 5.69 Å². The highest BCUT2D eigenvalue weighted by molar-refractivity contribution is 7.13. The van der Waals surface area contributed by atoms with Crippen LogP contribution in [0.3, 0.4) is 0 Å². The molecule has 0 bridgehead atoms. The molecule has 1 amide bonds. The summed E-state index contributed by atoms with van der Waals surface area (Å²) in [5.74, 6) is -0.661. The second-order valence-electron chi connectivity index (χ2n) is 7.16. The first kappa shape index (κ1) is 20.5. The van der Waals surface area contributed by atoms with Crippen LogP contribution in [0.25, 0.3) is 0 Å². The Balaban J connectivity index is 1.52. The van der Waals surface area contributed by atoms with Crippen LogP contribution in [0.1, 0.15) is 58.8 Å². The quantitative estimate of drug-likeness (QED) is 0.439. The molecule has 1 heterocycles. The first-order chi connectivity index (χ1) is 13.5. The number of hydrogen-bond acceptors (Lipinski definition) is 5. The van der Waals surface area contributed by atoms with Crippen molar-refractivity contribution in [1.29, 1.82) is 0 Å². The van der Waals surface area contributed by atoms with E-state index in [9.17, 15) is 14.7 Å². The molecule has 3 N–H and O–H groups in total. The monoisotopic (exact) mass is 402 g/mol. The minimum Gasteiger partial charge on any atom is -0.477 e. The Bertz CT molecular complexity index is 814. The van der Waals surface area contributed by atoms with Crippen molar-refractivity contribution in [3.05, 3.63) is 51.7 Å². The standard InChI is InChI=1S/C21H26N2O4S/c1-14(24)23(22-13-3-6-18-11-12-19(28-18)21(26)27)17-9-7-16(8-10-17)20(25)15-4-2-5-15/h7-12,15,20,22,25H,2-6,13H2,1H3,(H,26,27). The Morgan fingerprint density at radius 2 is 1.93 bits per heavy atom. The molecular weight excluding hydrogens is 376 g/mol. The van der Waals surface area contributed by atoms with Gasteiger partial charge in [-0.15, -0.1) is 11.3 Å². The lowest BCUT2D eigenvalue weighted by atomic mass is 9.79. The number of thiophene rings is 1. The van der Waals surface area contributed by atoms with Gasteiger partial charge in [0.2, 0.25) is 5.91 Å². The maximum atomic E-state index is 12.0. The fourth-order valence-electron chi connectivity index (χ4n) is 3.31. The van der Waals surface area contributed by atoms with Crippen molar-refractivity contribution in [1.82, 2.24) is 5.43 Å². The smallest absolute Gasteiger partial charge is 0.345 e. The zero-order valence-electron chi connectivity index (χ0n) is 15.9. The summed E-state index contributed by atoms with van der Waals surface area (Å²) < 4.78 is 0. The van der Waals surface area contributed by atoms with Gasteiger partial charge in [0.15, 0.2) is 0 Å². The van der Waals surface area contributed by atoms with E-state index in [4.69, 9.17) is 5.11 Å². The number of nitrogens with one attached hydrogen (secondary N) is 1. The van der Waals surface area contributed by atoms with Crippen molar-refractivity contribution in [2.75, 3.05) is 11.6 Å². The highest BCUT2D eigenvalue weighted by Gasteiger charge is 2.26. The van der Waals surface area contributed by atoms with Crippen molar-refractivity contribution in [3.8, 4) is 0 Å². The van der Waals surface area contributed by atoms with Crippen LogP contribution in [0.2, 0.25) is 0 Å². The molecule has 0 radical (unpaired) electrons. The number of aryl methyl sites for hydroxylation is 1. The molecule has 1 fully saturated rings. The molecule has 28 heavy (non-hydrogen) atoms. The summed E-state index contributed by atoms with van der Waals surface area (Å²) in [5.41, 5.74) is 4.77. The van der Waals surface area contributed by atoms with Gasteiger partial charge in [-0.3, -0.25) is 4.79 Å². The zero-order chi connectivity index (χ0) is 20.1. The average molecular weight is 403 g/mol. The third-order valence-corrected chi connectivity index (χ3v) is 6.28. The molecule has 0 spiro atoms. The molecular formula is C21H26N2O4S. The van der Waals surface area contributed by atoms with Crippen LogP contribution >= 0.6 is 11.3 Å². The number of amides is 1. The van der Waals surface area contributed by atoms with Gasteiger partial charge < -0.3 is 10.2 Å². The molecule has 6 nitrogen and oxygen atoms in total. The van der Waals surface area contributed by atoms with E-state index in [0.717, 1.165) is 41.8 Å². The predicted molar refractivity (Wildman–Crippen MR) is 110 cm³/mol. The van der Waals surface area contributed by atoms with Gasteiger partial charge in [0, 0.05) is 18.3 Å². The second kappa shape index (κ2) is 9.32. The first-order valence-electron chi connectivity index (χ1n) is 9.60. The van der Waals surface area contributed by atoms with Crippen molar-refractivity contribution in [2.45, 2.75) is 45.1 Å². The van der Waals surface area contributed by atoms with Crippen molar-refractivity contribution in [3.63, 3.8) is 0 Å². The van der Waals surface area contributed by atoms with Crippen LogP contribution in [-0.2, 0) is 11.2 Å². The summed E-state index contributed by atoms with van der Waals surface area (Å²) in [4.78, 5) is 24.3. The van der Waals surface area contributed by atoms with Gasteiger partial charge in [-0.2, -0.15) is 0 Å². The number of hydrogen-bond donors (Lipinski definition) is 3. The summed E-state index contributed by atoms with van der Waals surface area (Å²) in [5, 5.41) is 20.8. The maximum absolute atomic E-state index is 12.0. The molecule has 7 heteroatoms. The number of carboxylic acids is 1. The number of aliphatic hydroxyl groups excluding tert-OH is 1. The van der Waals surface area contributed by atoms with Crippen molar-refractivity contribution < 1.29 is 19.8 Å². The second-order valence-corrected chi connectivity index (χ2v) is 8.33. The van der Waals surface area contributed by atoms with Crippen LogP contribution in [0, 0.1) is 5.92 Å². The van der Waals surface area contributed by atoms with Crippen LogP contribution in [0.5, 0.6) is 0 Å². The normalized spacial score (nSPS) is 15.1. The topological polar surface area (TPSA) is 89.9 Å². The molecule has 150 valence electrons. The third kappa shape index (κ3) is 4.98. The van der Waals surface area contributed by atoms with Gasteiger partial charge in [0.25, 0.3) is 0 Å². The third-order valence-electron chi connectivity index (χ3n) is 5.15. The number of carboxylic acid groups (broad SMARTS) is 1. The number of nitrogens with zero attached hydrogens (tertiary/aromatic N) is 1. The molecule has 1 aliphatic carbocycles. The van der Waals surface area contributed by atoms with E-state index in [1.807, 2.05) is 30.3 Å². The predicted octanol–water partition coefficient (Wildman–Crippen LogP) is 3.77. The number of aliphatic hydroxyl groups is 1. The molecule has 1 saturated carbocycles. The number of carbonyl (C=O) groups excluding carboxylic acids is 1. The minimum atomic E-state index is -0.900. The number of rotatable bonds is 9. The number of hydrazine groups is 1. The van der Waals surface area contributed by atoms with Crippen LogP contribution in [-0.4, -0.2) is 28.6 Å². The molecule has 0 aliphatic heterocycles. The summed E-state index contributed by atoms with van der Waals surface area (Å²) in [6, 6.07) is 10.9. The van der Waals surface area contributed by atoms with Gasteiger partial charge in [-0.1, -0.05) is 18.6 Å². The van der Waals surface area contributed by atoms with Crippen LogP contribution < -0.4 is 10.4 Å². The first-order valence-corrected chi connectivity index (χ1v) is 10.4. The molecule has 1 aromatic heterocycles. The maximum Gasteiger partial charge on any atom is 0.345 e. The van der Waals surface area contributed by atoms with E-state index in [1.54, 1.807) is 6.07 Å². The highest BCUT2D eigenvalue weighted by Crippen LogP contribution is 2.37. The van der Waals surface area contributed by atoms with E-state index in [1.165, 1.54) is 29.7 Å². The Labute approximate surface area is 168 Å². The molecule has 0 saturated heterocycles. The Morgan fingerprint density at radius 1 is 1.21 bits per heavy atom. The lowest BCUT2D eigenvalue weighted by Gasteiger charge is -2.30. The van der Waals surface area contributed by atoms with Gasteiger partial charge in [0.05, 0.1) is 11.8 Å². The van der Waals surface area contributed by atoms with E-state index in [-0.39, 0.29) is 5.91 Å². The van der Waals surface area contributed by atoms with E-state index in [0.29, 0.717) is 17.3 Å². The number of carbonyl (C=O) groups is 2. The fourth-order valence-corrected chi connectivity index (χ4v) is 4.20. The number of anilines is 1. The molecule has 2 aromatic rings. The molecule has 1 unspecified atom stereocenters. The average Bonchev–Trinajstić information content (AvgIpc) is 3.09. The van der Waals surface area contributed by atoms with E-state index >= 15 is 0 Å². The van der Waals surface area contributed by atoms with E-state index in [2.05, 4.69) is 5.43 Å². The SMILES string of the molecule is CC(=O)N(NCCCc1ccc(C(=O)O)s1)c1ccc(C(O)C2CCC2)cc1. The summed E-state index contributed by atoms with van der Waals surface area (Å²) in [6.07, 6.45) is 4.43. The van der Waals surface area contributed by atoms with Crippen molar-refractivity contribution >= 4 is 28.9 Å². The number of aromatic carboxylic acids is 1. The number of benzene rings is 1. The summed E-state index contributed by atoms with van der Waals surface area (Å²) in [7, 11) is 0. The Hall–Kier alpha value is -2.22. The largest absolute Gasteiger partial charge is 0.477 e. The zero-order valence-corrected chi connectivity index (χ0v) is 16.7. The van der Waals surface area contributed by atoms with Crippen LogP contribution in [0.15, 0.2) is 36.4 Å². The van der Waals surface area contributed by atoms with Gasteiger partial charge in [-0.25, -0.2) is 15.2 Å². The Kier molecular flexibility index (Phi) is 6.83. The molecule has 1 aromatic carbocycles. The van der Waals surface area contributed by atoms with Gasteiger partial charge >= 0.3 is 5.97 Å². The minimum absolute atomic E-state index is 0.114. The summed E-state index contributed by atoms with van der Waals surface area (Å²) >= 11 is 1.28. The summed E-state index contributed by atoms with van der Waals surface area (Å²) in [6.45, 7) is 2.09. The molecule has 1 atom stereocenters. The van der Waals surface area contributed by atoms with Gasteiger partial charge in [-0.05, 0) is 61.4 Å². The van der Waals surface area contributed by atoms with Crippen molar-refractivity contribution in [2.24, 2.45) is 5.92 Å². The van der Waals surface area contributed by atoms with E-state index < -0.39 is 12.1 Å². The molecule has 3 rings (SSSR count).